The zero-order valence-electron chi connectivity index (χ0n) is 14.0. The number of nitrogens with zero attached hydrogens (tertiary/aromatic N) is 2. The summed E-state index contributed by atoms with van der Waals surface area (Å²) < 4.78 is 14.2. The second-order valence-corrected chi connectivity index (χ2v) is 6.71. The first-order chi connectivity index (χ1) is 12.6. The SMILES string of the molecule is O=C(CCCn1nc(-c2cccs2)ccc1=O)NCc1ccc(F)cc1. The molecular weight excluding hydrogens is 353 g/mol. The van der Waals surface area contributed by atoms with E-state index in [4.69, 9.17) is 0 Å². The molecule has 0 unspecified atom stereocenters. The molecule has 0 spiro atoms. The van der Waals surface area contributed by atoms with Gasteiger partial charge < -0.3 is 5.32 Å². The molecule has 134 valence electrons. The lowest BCUT2D eigenvalue weighted by Gasteiger charge is -2.07. The fourth-order valence-electron chi connectivity index (χ4n) is 2.45. The van der Waals surface area contributed by atoms with Gasteiger partial charge in [0.15, 0.2) is 0 Å². The molecule has 0 aliphatic heterocycles. The highest BCUT2D eigenvalue weighted by Crippen LogP contribution is 2.21. The summed E-state index contributed by atoms with van der Waals surface area (Å²) in [5.41, 5.74) is 1.40. The van der Waals surface area contributed by atoms with Crippen molar-refractivity contribution in [3.05, 3.63) is 75.6 Å². The Hall–Kier alpha value is -2.80. The molecular formula is C19H18FN3O2S. The number of aryl methyl sites for hydroxylation is 1. The van der Waals surface area contributed by atoms with Crippen molar-refractivity contribution < 1.29 is 9.18 Å². The average Bonchev–Trinajstić information content (AvgIpc) is 3.17. The van der Waals surface area contributed by atoms with E-state index >= 15 is 0 Å². The molecule has 1 N–H and O–H groups in total. The van der Waals surface area contributed by atoms with E-state index in [1.165, 1.54) is 22.9 Å². The zero-order chi connectivity index (χ0) is 18.4. The molecule has 0 aliphatic rings. The average molecular weight is 371 g/mol. The predicted octanol–water partition coefficient (Wildman–Crippen LogP) is 3.21. The number of thiophene rings is 1. The number of hydrogen-bond acceptors (Lipinski definition) is 4. The van der Waals surface area contributed by atoms with Crippen molar-refractivity contribution in [3.63, 3.8) is 0 Å². The lowest BCUT2D eigenvalue weighted by Crippen LogP contribution is -2.25. The van der Waals surface area contributed by atoms with Gasteiger partial charge in [0.05, 0.1) is 4.88 Å². The lowest BCUT2D eigenvalue weighted by molar-refractivity contribution is -0.121. The van der Waals surface area contributed by atoms with Crippen molar-refractivity contribution >= 4 is 17.2 Å². The van der Waals surface area contributed by atoms with Crippen LogP contribution in [0.25, 0.3) is 10.6 Å². The van der Waals surface area contributed by atoms with Gasteiger partial charge in [0, 0.05) is 25.6 Å². The van der Waals surface area contributed by atoms with Gasteiger partial charge in [0.2, 0.25) is 5.91 Å². The Balaban J connectivity index is 1.49. The number of aromatic nitrogens is 2. The van der Waals surface area contributed by atoms with Gasteiger partial charge in [-0.05, 0) is 41.6 Å². The summed E-state index contributed by atoms with van der Waals surface area (Å²) in [6.07, 6.45) is 0.800. The first kappa shape index (κ1) is 18.0. The molecule has 7 heteroatoms. The van der Waals surface area contributed by atoms with Crippen LogP contribution in [0.1, 0.15) is 18.4 Å². The van der Waals surface area contributed by atoms with Gasteiger partial charge in [-0.1, -0.05) is 18.2 Å². The summed E-state index contributed by atoms with van der Waals surface area (Å²) >= 11 is 1.56. The van der Waals surface area contributed by atoms with Crippen molar-refractivity contribution in [2.75, 3.05) is 0 Å². The molecule has 1 aromatic carbocycles. The summed E-state index contributed by atoms with van der Waals surface area (Å²) in [4.78, 5) is 24.8. The number of nitrogens with one attached hydrogen (secondary N) is 1. The Labute approximate surface area is 154 Å². The molecule has 0 atom stereocenters. The first-order valence-corrected chi connectivity index (χ1v) is 9.13. The van der Waals surface area contributed by atoms with Crippen molar-refractivity contribution in [2.24, 2.45) is 0 Å². The lowest BCUT2D eigenvalue weighted by atomic mass is 10.2. The Morgan fingerprint density at radius 2 is 1.96 bits per heavy atom. The van der Waals surface area contributed by atoms with E-state index in [1.54, 1.807) is 29.5 Å². The molecule has 5 nitrogen and oxygen atoms in total. The monoisotopic (exact) mass is 371 g/mol. The molecule has 2 heterocycles. The maximum absolute atomic E-state index is 12.8. The Morgan fingerprint density at radius 3 is 2.69 bits per heavy atom. The zero-order valence-corrected chi connectivity index (χ0v) is 14.8. The van der Waals surface area contributed by atoms with Gasteiger partial charge in [0.25, 0.3) is 5.56 Å². The minimum Gasteiger partial charge on any atom is -0.352 e. The van der Waals surface area contributed by atoms with Gasteiger partial charge in [-0.25, -0.2) is 9.07 Å². The summed E-state index contributed by atoms with van der Waals surface area (Å²) in [6, 6.07) is 13.1. The fraction of sp³-hybridized carbons (Fsp3) is 0.211. The van der Waals surface area contributed by atoms with E-state index in [0.29, 0.717) is 25.9 Å². The number of rotatable bonds is 7. The summed E-state index contributed by atoms with van der Waals surface area (Å²) in [5.74, 6) is -0.417. The number of benzene rings is 1. The van der Waals surface area contributed by atoms with Crippen molar-refractivity contribution in [1.82, 2.24) is 15.1 Å². The summed E-state index contributed by atoms with van der Waals surface area (Å²) in [7, 11) is 0. The Morgan fingerprint density at radius 1 is 1.15 bits per heavy atom. The maximum Gasteiger partial charge on any atom is 0.266 e. The van der Waals surface area contributed by atoms with Crippen molar-refractivity contribution in [1.29, 1.82) is 0 Å². The van der Waals surface area contributed by atoms with E-state index in [9.17, 15) is 14.0 Å². The maximum atomic E-state index is 12.8. The smallest absolute Gasteiger partial charge is 0.266 e. The Kier molecular flexibility index (Phi) is 5.91. The largest absolute Gasteiger partial charge is 0.352 e. The molecule has 0 saturated carbocycles. The van der Waals surface area contributed by atoms with Gasteiger partial charge >= 0.3 is 0 Å². The fourth-order valence-corrected chi connectivity index (χ4v) is 3.14. The van der Waals surface area contributed by atoms with Crippen LogP contribution in [0.2, 0.25) is 0 Å². The molecule has 3 aromatic rings. The highest BCUT2D eigenvalue weighted by molar-refractivity contribution is 7.13. The van der Waals surface area contributed by atoms with Crippen LogP contribution in [0.5, 0.6) is 0 Å². The van der Waals surface area contributed by atoms with E-state index in [1.807, 2.05) is 17.5 Å². The molecule has 1 amide bonds. The molecule has 0 radical (unpaired) electrons. The van der Waals surface area contributed by atoms with Gasteiger partial charge in [-0.15, -0.1) is 11.3 Å². The normalized spacial score (nSPS) is 10.7. The second kappa shape index (κ2) is 8.53. The number of halogens is 1. The Bertz CT molecular complexity index is 921. The highest BCUT2D eigenvalue weighted by atomic mass is 32.1. The van der Waals surface area contributed by atoms with Crippen LogP contribution >= 0.6 is 11.3 Å². The third kappa shape index (κ3) is 4.86. The number of carbonyl (C=O) groups excluding carboxylic acids is 1. The van der Waals surface area contributed by atoms with Crippen LogP contribution in [0, 0.1) is 5.82 Å². The van der Waals surface area contributed by atoms with Crippen LogP contribution in [-0.2, 0) is 17.9 Å². The van der Waals surface area contributed by atoms with E-state index in [2.05, 4.69) is 10.4 Å². The number of carbonyl (C=O) groups is 1. The third-order valence-corrected chi connectivity index (χ3v) is 4.71. The first-order valence-electron chi connectivity index (χ1n) is 8.25. The third-order valence-electron chi connectivity index (χ3n) is 3.82. The van der Waals surface area contributed by atoms with Crippen LogP contribution in [0.15, 0.2) is 58.7 Å². The second-order valence-electron chi connectivity index (χ2n) is 5.76. The van der Waals surface area contributed by atoms with Crippen LogP contribution in [0.4, 0.5) is 4.39 Å². The van der Waals surface area contributed by atoms with E-state index < -0.39 is 0 Å². The summed E-state index contributed by atoms with van der Waals surface area (Å²) in [5, 5.41) is 9.10. The van der Waals surface area contributed by atoms with Crippen LogP contribution in [-0.4, -0.2) is 15.7 Å². The molecule has 0 saturated heterocycles. The minimum absolute atomic E-state index is 0.114. The highest BCUT2D eigenvalue weighted by Gasteiger charge is 2.06. The van der Waals surface area contributed by atoms with Crippen LogP contribution in [0.3, 0.4) is 0 Å². The van der Waals surface area contributed by atoms with Crippen molar-refractivity contribution in [2.45, 2.75) is 25.9 Å². The molecule has 0 bridgehead atoms. The summed E-state index contributed by atoms with van der Waals surface area (Å²) in [6.45, 7) is 0.729. The van der Waals surface area contributed by atoms with E-state index in [0.717, 1.165) is 16.1 Å². The predicted molar refractivity (Wildman–Crippen MR) is 99.3 cm³/mol. The topological polar surface area (TPSA) is 64.0 Å². The minimum atomic E-state index is -0.303. The van der Waals surface area contributed by atoms with Gasteiger partial charge in [0.1, 0.15) is 11.5 Å². The molecule has 2 aromatic heterocycles. The molecule has 3 rings (SSSR count). The molecule has 0 fully saturated rings. The quantitative estimate of drug-likeness (QED) is 0.694. The van der Waals surface area contributed by atoms with E-state index in [-0.39, 0.29) is 17.3 Å². The standard InChI is InChI=1S/C19H18FN3O2S/c20-15-7-5-14(6-8-15)13-21-18(24)4-1-11-23-19(25)10-9-16(22-23)17-3-2-12-26-17/h2-3,5-10,12H,1,4,11,13H2,(H,21,24). The molecule has 26 heavy (non-hydrogen) atoms. The van der Waals surface area contributed by atoms with Gasteiger partial charge in [-0.3, -0.25) is 9.59 Å². The van der Waals surface area contributed by atoms with Gasteiger partial charge in [-0.2, -0.15) is 5.10 Å². The molecule has 0 aliphatic carbocycles. The van der Waals surface area contributed by atoms with Crippen molar-refractivity contribution in [3.8, 4) is 10.6 Å². The number of amides is 1. The number of hydrogen-bond donors (Lipinski definition) is 1. The van der Waals surface area contributed by atoms with Crippen LogP contribution < -0.4 is 10.9 Å².